The van der Waals surface area contributed by atoms with E-state index in [1.165, 1.54) is 0 Å². The maximum atomic E-state index is 11.9. The monoisotopic (exact) mass is 218 g/mol. The van der Waals surface area contributed by atoms with Gasteiger partial charge in [-0.15, -0.1) is 0 Å². The average Bonchev–Trinajstić information content (AvgIpc) is 2.29. The second-order valence-electron chi connectivity index (χ2n) is 3.30. The Morgan fingerprint density at radius 1 is 1.31 bits per heavy atom. The van der Waals surface area contributed by atoms with Crippen LogP contribution in [0, 0.1) is 0 Å². The number of amides is 1. The van der Waals surface area contributed by atoms with E-state index in [2.05, 4.69) is 0 Å². The zero-order valence-corrected chi connectivity index (χ0v) is 8.40. The van der Waals surface area contributed by atoms with Crippen molar-refractivity contribution in [1.82, 2.24) is 0 Å². The molecule has 0 aliphatic carbocycles. The second-order valence-corrected chi connectivity index (χ2v) is 3.30. The van der Waals surface area contributed by atoms with Crippen molar-refractivity contribution in [3.05, 3.63) is 45.8 Å². The Bertz CT molecular complexity index is 616. The Kier molecular flexibility index (Phi) is 2.46. The maximum absolute atomic E-state index is 11.9. The van der Waals surface area contributed by atoms with Crippen molar-refractivity contribution in [2.75, 3.05) is 0 Å². The third-order valence-electron chi connectivity index (χ3n) is 2.32. The second kappa shape index (κ2) is 3.79. The van der Waals surface area contributed by atoms with Gasteiger partial charge in [-0.25, -0.2) is 0 Å². The molecule has 1 aromatic heterocycles. The zero-order valence-electron chi connectivity index (χ0n) is 8.40. The van der Waals surface area contributed by atoms with Crippen molar-refractivity contribution < 1.29 is 9.21 Å². The number of carbonyl (C=O) groups excluding carboxylic acids is 1. The Balaban J connectivity index is 2.93. The largest absolute Gasteiger partial charge is 0.450 e. The number of nitrogens with two attached hydrogens (primary N) is 2. The summed E-state index contributed by atoms with van der Waals surface area (Å²) >= 11 is 0. The Morgan fingerprint density at radius 3 is 2.62 bits per heavy atom. The summed E-state index contributed by atoms with van der Waals surface area (Å²) in [5.41, 5.74) is 10.7. The van der Waals surface area contributed by atoms with Crippen LogP contribution in [0.1, 0.15) is 16.1 Å². The first kappa shape index (κ1) is 10.4. The molecule has 1 aromatic carbocycles. The highest BCUT2D eigenvalue weighted by atomic mass is 16.3. The summed E-state index contributed by atoms with van der Waals surface area (Å²) in [6.45, 7) is -0.0779. The summed E-state index contributed by atoms with van der Waals surface area (Å²) in [7, 11) is 0. The van der Waals surface area contributed by atoms with E-state index in [9.17, 15) is 9.59 Å². The van der Waals surface area contributed by atoms with Crippen LogP contribution in [0.4, 0.5) is 0 Å². The molecule has 0 radical (unpaired) electrons. The van der Waals surface area contributed by atoms with Gasteiger partial charge in [0.15, 0.2) is 11.2 Å². The first-order valence-corrected chi connectivity index (χ1v) is 4.69. The van der Waals surface area contributed by atoms with E-state index in [1.54, 1.807) is 24.3 Å². The van der Waals surface area contributed by atoms with Gasteiger partial charge in [0.1, 0.15) is 5.58 Å². The lowest BCUT2D eigenvalue weighted by molar-refractivity contribution is 0.0973. The molecule has 0 fully saturated rings. The molecule has 0 unspecified atom stereocenters. The van der Waals surface area contributed by atoms with Gasteiger partial charge in [0.05, 0.1) is 10.9 Å². The van der Waals surface area contributed by atoms with Crippen LogP contribution >= 0.6 is 0 Å². The molecule has 5 heteroatoms. The molecule has 2 aromatic rings. The van der Waals surface area contributed by atoms with Crippen LogP contribution in [0.2, 0.25) is 0 Å². The van der Waals surface area contributed by atoms with Crippen LogP contribution in [0.15, 0.2) is 33.5 Å². The van der Waals surface area contributed by atoms with E-state index in [-0.39, 0.29) is 23.3 Å². The van der Waals surface area contributed by atoms with E-state index in [1.807, 2.05) is 0 Å². The Hall–Kier alpha value is -2.14. The molecular weight excluding hydrogens is 208 g/mol. The molecule has 0 spiro atoms. The lowest BCUT2D eigenvalue weighted by Gasteiger charge is -2.04. The van der Waals surface area contributed by atoms with Crippen LogP contribution in [0.25, 0.3) is 11.0 Å². The van der Waals surface area contributed by atoms with Gasteiger partial charge in [-0.3, -0.25) is 9.59 Å². The van der Waals surface area contributed by atoms with E-state index in [0.717, 1.165) is 0 Å². The minimum Gasteiger partial charge on any atom is -0.450 e. The van der Waals surface area contributed by atoms with Crippen molar-refractivity contribution in [1.29, 1.82) is 0 Å². The molecule has 0 bridgehead atoms. The number of para-hydroxylation sites is 1. The van der Waals surface area contributed by atoms with Crippen LogP contribution in [-0.2, 0) is 6.54 Å². The zero-order chi connectivity index (χ0) is 11.7. The smallest absolute Gasteiger partial charge is 0.284 e. The average molecular weight is 218 g/mol. The predicted octanol–water partition coefficient (Wildman–Crippen LogP) is 0.351. The number of hydrogen-bond donors (Lipinski definition) is 2. The number of rotatable bonds is 2. The molecule has 0 aliphatic rings. The highest BCUT2D eigenvalue weighted by Crippen LogP contribution is 2.14. The van der Waals surface area contributed by atoms with Gasteiger partial charge in [0, 0.05) is 6.54 Å². The number of fused-ring (bicyclic) bond motifs is 1. The molecular formula is C11H10N2O3. The fourth-order valence-corrected chi connectivity index (χ4v) is 1.56. The molecule has 4 N–H and O–H groups in total. The fourth-order valence-electron chi connectivity index (χ4n) is 1.56. The van der Waals surface area contributed by atoms with Crippen molar-refractivity contribution >= 4 is 16.9 Å². The van der Waals surface area contributed by atoms with E-state index >= 15 is 0 Å². The minimum atomic E-state index is -0.789. The molecule has 0 saturated heterocycles. The molecule has 1 amide bonds. The Morgan fingerprint density at radius 2 is 2.00 bits per heavy atom. The van der Waals surface area contributed by atoms with Crippen molar-refractivity contribution in [3.63, 3.8) is 0 Å². The van der Waals surface area contributed by atoms with Crippen LogP contribution < -0.4 is 16.9 Å². The van der Waals surface area contributed by atoms with Crippen molar-refractivity contribution in [3.8, 4) is 0 Å². The minimum absolute atomic E-state index is 0.0779. The van der Waals surface area contributed by atoms with E-state index in [0.29, 0.717) is 11.0 Å². The van der Waals surface area contributed by atoms with Gasteiger partial charge in [-0.2, -0.15) is 0 Å². The Labute approximate surface area is 90.7 Å². The summed E-state index contributed by atoms with van der Waals surface area (Å²) < 4.78 is 5.27. The molecule has 0 aliphatic heterocycles. The van der Waals surface area contributed by atoms with Crippen LogP contribution in [0.5, 0.6) is 0 Å². The van der Waals surface area contributed by atoms with Gasteiger partial charge in [-0.1, -0.05) is 12.1 Å². The van der Waals surface area contributed by atoms with Crippen molar-refractivity contribution in [2.24, 2.45) is 11.5 Å². The SMILES string of the molecule is NCc1c(C(N)=O)oc2ccccc2c1=O. The topological polar surface area (TPSA) is 99.3 Å². The van der Waals surface area contributed by atoms with Gasteiger partial charge < -0.3 is 15.9 Å². The van der Waals surface area contributed by atoms with Gasteiger partial charge in [0.25, 0.3) is 5.91 Å². The standard InChI is InChI=1S/C11H10N2O3/c12-5-7-9(14)6-3-1-2-4-8(6)16-10(7)11(13)15/h1-4H,5,12H2,(H2,13,15). The number of benzene rings is 1. The molecule has 1 heterocycles. The van der Waals surface area contributed by atoms with Crippen LogP contribution in [-0.4, -0.2) is 5.91 Å². The number of carbonyl (C=O) groups is 1. The third kappa shape index (κ3) is 1.47. The molecule has 5 nitrogen and oxygen atoms in total. The number of primary amides is 1. The first-order chi connectivity index (χ1) is 7.65. The maximum Gasteiger partial charge on any atom is 0.284 e. The predicted molar refractivity (Wildman–Crippen MR) is 58.9 cm³/mol. The quantitative estimate of drug-likeness (QED) is 0.759. The molecule has 16 heavy (non-hydrogen) atoms. The molecule has 2 rings (SSSR count). The molecule has 0 atom stereocenters. The fraction of sp³-hybridized carbons (Fsp3) is 0.0909. The summed E-state index contributed by atoms with van der Waals surface area (Å²) in [6.07, 6.45) is 0. The lowest BCUT2D eigenvalue weighted by Crippen LogP contribution is -2.22. The summed E-state index contributed by atoms with van der Waals surface area (Å²) in [5, 5.41) is 0.396. The first-order valence-electron chi connectivity index (χ1n) is 4.69. The summed E-state index contributed by atoms with van der Waals surface area (Å²) in [6, 6.07) is 6.64. The molecule has 0 saturated carbocycles. The number of hydrogen-bond acceptors (Lipinski definition) is 4. The van der Waals surface area contributed by atoms with Gasteiger partial charge in [-0.05, 0) is 12.1 Å². The summed E-state index contributed by atoms with van der Waals surface area (Å²) in [4.78, 5) is 23.0. The van der Waals surface area contributed by atoms with Crippen LogP contribution in [0.3, 0.4) is 0 Å². The van der Waals surface area contributed by atoms with E-state index < -0.39 is 5.91 Å². The highest BCUT2D eigenvalue weighted by Gasteiger charge is 2.16. The third-order valence-corrected chi connectivity index (χ3v) is 2.32. The summed E-state index contributed by atoms with van der Waals surface area (Å²) in [5.74, 6) is -0.950. The van der Waals surface area contributed by atoms with Gasteiger partial charge >= 0.3 is 0 Å². The lowest BCUT2D eigenvalue weighted by atomic mass is 10.1. The normalized spacial score (nSPS) is 10.6. The molecule has 82 valence electrons. The van der Waals surface area contributed by atoms with E-state index in [4.69, 9.17) is 15.9 Å². The van der Waals surface area contributed by atoms with Gasteiger partial charge in [0.2, 0.25) is 0 Å². The van der Waals surface area contributed by atoms with Crippen molar-refractivity contribution in [2.45, 2.75) is 6.54 Å². The highest BCUT2D eigenvalue weighted by molar-refractivity contribution is 5.93.